The summed E-state index contributed by atoms with van der Waals surface area (Å²) >= 11 is 1.14. The highest BCUT2D eigenvalue weighted by molar-refractivity contribution is 7.94. The monoisotopic (exact) mass is 430 g/mol. The van der Waals surface area contributed by atoms with Gasteiger partial charge in [-0.2, -0.15) is 0 Å². The van der Waals surface area contributed by atoms with Crippen molar-refractivity contribution in [3.8, 4) is 0 Å². The number of hydrogen-bond acceptors (Lipinski definition) is 5. The first-order valence-electron chi connectivity index (χ1n) is 9.10. The molecular weight excluding hydrogens is 408 g/mol. The topological polar surface area (TPSA) is 86.7 Å². The Hall–Kier alpha value is -2.68. The average molecular weight is 431 g/mol. The number of hydrogen-bond donors (Lipinski definition) is 2. The van der Waals surface area contributed by atoms with Crippen LogP contribution in [0.3, 0.4) is 0 Å². The molecule has 8 heteroatoms. The Morgan fingerprint density at radius 1 is 0.966 bits per heavy atom. The number of thiophene rings is 1. The molecule has 1 heterocycles. The first-order valence-corrected chi connectivity index (χ1v) is 11.5. The lowest BCUT2D eigenvalue weighted by Gasteiger charge is -2.22. The summed E-state index contributed by atoms with van der Waals surface area (Å²) in [6.07, 6.45) is 0.686. The molecule has 0 aliphatic carbocycles. The molecule has 3 aromatic rings. The van der Waals surface area contributed by atoms with Crippen molar-refractivity contribution in [3.05, 3.63) is 83.2 Å². The fourth-order valence-electron chi connectivity index (χ4n) is 2.83. The van der Waals surface area contributed by atoms with Gasteiger partial charge in [-0.15, -0.1) is 11.3 Å². The van der Waals surface area contributed by atoms with Crippen LogP contribution in [0.25, 0.3) is 0 Å². The van der Waals surface area contributed by atoms with Crippen LogP contribution in [0.2, 0.25) is 0 Å². The highest BCUT2D eigenvalue weighted by Gasteiger charge is 2.17. The largest absolute Gasteiger partial charge is 0.395 e. The summed E-state index contributed by atoms with van der Waals surface area (Å²) < 4.78 is 27.3. The molecule has 0 atom stereocenters. The molecule has 0 aliphatic heterocycles. The smallest absolute Gasteiger partial charge is 0.271 e. The Morgan fingerprint density at radius 2 is 1.69 bits per heavy atom. The molecule has 0 saturated heterocycles. The molecule has 2 N–H and O–H groups in total. The summed E-state index contributed by atoms with van der Waals surface area (Å²) in [6, 6.07) is 19.3. The van der Waals surface area contributed by atoms with E-state index in [2.05, 4.69) is 4.72 Å². The molecule has 152 valence electrons. The third-order valence-electron chi connectivity index (χ3n) is 4.31. The zero-order valence-corrected chi connectivity index (χ0v) is 17.3. The molecule has 0 saturated carbocycles. The second-order valence-electron chi connectivity index (χ2n) is 6.37. The number of carbonyl (C=O) groups excluding carboxylic acids is 1. The number of anilines is 1. The molecule has 0 bridgehead atoms. The van der Waals surface area contributed by atoms with Gasteiger partial charge in [0.15, 0.2) is 0 Å². The molecule has 0 unspecified atom stereocenters. The average Bonchev–Trinajstić information content (AvgIpc) is 3.28. The standard InChI is InChI=1S/C21H22N2O4S2/c24-15-14-23(13-12-17-5-2-1-3-6-17)21(25)18-8-10-19(11-9-18)22-29(26,27)20-7-4-16-28-20/h1-11,16,22,24H,12-15H2. The Labute approximate surface area is 174 Å². The van der Waals surface area contributed by atoms with Crippen molar-refractivity contribution >= 4 is 33.0 Å². The van der Waals surface area contributed by atoms with E-state index in [0.29, 0.717) is 24.2 Å². The van der Waals surface area contributed by atoms with Gasteiger partial charge in [0.1, 0.15) is 4.21 Å². The summed E-state index contributed by atoms with van der Waals surface area (Å²) in [6.45, 7) is 0.591. The van der Waals surface area contributed by atoms with Crippen LogP contribution in [-0.2, 0) is 16.4 Å². The van der Waals surface area contributed by atoms with E-state index in [1.165, 1.54) is 6.07 Å². The third kappa shape index (κ3) is 5.66. The van der Waals surface area contributed by atoms with Gasteiger partial charge in [-0.1, -0.05) is 36.4 Å². The number of rotatable bonds is 9. The normalized spacial score (nSPS) is 11.2. The van der Waals surface area contributed by atoms with Crippen molar-refractivity contribution in [2.24, 2.45) is 0 Å². The number of carbonyl (C=O) groups is 1. The Kier molecular flexibility index (Phi) is 7.03. The van der Waals surface area contributed by atoms with Gasteiger partial charge < -0.3 is 10.0 Å². The number of aliphatic hydroxyl groups excluding tert-OH is 1. The lowest BCUT2D eigenvalue weighted by atomic mass is 10.1. The van der Waals surface area contributed by atoms with E-state index in [-0.39, 0.29) is 23.3 Å². The van der Waals surface area contributed by atoms with Crippen LogP contribution in [0.15, 0.2) is 76.3 Å². The minimum atomic E-state index is -3.63. The van der Waals surface area contributed by atoms with Crippen LogP contribution >= 0.6 is 11.3 Å². The van der Waals surface area contributed by atoms with E-state index in [1.54, 1.807) is 40.6 Å². The molecular formula is C21H22N2O4S2. The van der Waals surface area contributed by atoms with Crippen molar-refractivity contribution in [3.63, 3.8) is 0 Å². The van der Waals surface area contributed by atoms with E-state index in [1.807, 2.05) is 30.3 Å². The van der Waals surface area contributed by atoms with E-state index in [0.717, 1.165) is 16.9 Å². The Morgan fingerprint density at radius 3 is 2.31 bits per heavy atom. The summed E-state index contributed by atoms with van der Waals surface area (Å²) in [5.41, 5.74) is 1.93. The van der Waals surface area contributed by atoms with Crippen LogP contribution in [0.4, 0.5) is 5.69 Å². The molecule has 3 rings (SSSR count). The lowest BCUT2D eigenvalue weighted by molar-refractivity contribution is 0.0724. The maximum absolute atomic E-state index is 12.8. The van der Waals surface area contributed by atoms with Gasteiger partial charge in [0.05, 0.1) is 6.61 Å². The minimum absolute atomic E-state index is 0.126. The number of nitrogens with zero attached hydrogens (tertiary/aromatic N) is 1. The summed E-state index contributed by atoms with van der Waals surface area (Å²) in [5.74, 6) is -0.206. The molecule has 1 aromatic heterocycles. The number of benzene rings is 2. The maximum atomic E-state index is 12.8. The van der Waals surface area contributed by atoms with Crippen molar-refractivity contribution < 1.29 is 18.3 Å². The highest BCUT2D eigenvalue weighted by Crippen LogP contribution is 2.21. The van der Waals surface area contributed by atoms with Crippen LogP contribution in [0.1, 0.15) is 15.9 Å². The summed E-state index contributed by atoms with van der Waals surface area (Å²) in [7, 11) is -3.63. The van der Waals surface area contributed by atoms with Gasteiger partial charge in [0.2, 0.25) is 0 Å². The predicted molar refractivity (Wildman–Crippen MR) is 115 cm³/mol. The lowest BCUT2D eigenvalue weighted by Crippen LogP contribution is -2.35. The van der Waals surface area contributed by atoms with E-state index in [4.69, 9.17) is 0 Å². The second-order valence-corrected chi connectivity index (χ2v) is 9.22. The van der Waals surface area contributed by atoms with Gasteiger partial charge in [-0.3, -0.25) is 9.52 Å². The first-order chi connectivity index (χ1) is 14.0. The third-order valence-corrected chi connectivity index (χ3v) is 7.09. The fourth-order valence-corrected chi connectivity index (χ4v) is 4.88. The molecule has 29 heavy (non-hydrogen) atoms. The van der Waals surface area contributed by atoms with Gasteiger partial charge >= 0.3 is 0 Å². The second kappa shape index (κ2) is 9.69. The predicted octanol–water partition coefficient (Wildman–Crippen LogP) is 3.23. The molecule has 0 radical (unpaired) electrons. The number of sulfonamides is 1. The Balaban J connectivity index is 1.67. The number of amides is 1. The molecule has 1 amide bonds. The molecule has 6 nitrogen and oxygen atoms in total. The number of nitrogens with one attached hydrogen (secondary N) is 1. The molecule has 0 spiro atoms. The van der Waals surface area contributed by atoms with Crippen molar-refractivity contribution in [2.75, 3.05) is 24.4 Å². The van der Waals surface area contributed by atoms with Crippen molar-refractivity contribution in [1.82, 2.24) is 4.90 Å². The molecule has 0 aliphatic rings. The SMILES string of the molecule is O=C(c1ccc(NS(=O)(=O)c2cccs2)cc1)N(CCO)CCc1ccccc1. The zero-order valence-electron chi connectivity index (χ0n) is 15.7. The highest BCUT2D eigenvalue weighted by atomic mass is 32.2. The minimum Gasteiger partial charge on any atom is -0.395 e. The van der Waals surface area contributed by atoms with E-state index in [9.17, 15) is 18.3 Å². The van der Waals surface area contributed by atoms with Gasteiger partial charge in [0.25, 0.3) is 15.9 Å². The van der Waals surface area contributed by atoms with Crippen molar-refractivity contribution in [2.45, 2.75) is 10.6 Å². The fraction of sp³-hybridized carbons (Fsp3) is 0.190. The summed E-state index contributed by atoms with van der Waals surface area (Å²) in [5, 5.41) is 11.0. The van der Waals surface area contributed by atoms with Crippen LogP contribution in [-0.4, -0.2) is 44.0 Å². The van der Waals surface area contributed by atoms with Crippen LogP contribution in [0, 0.1) is 0 Å². The summed E-state index contributed by atoms with van der Waals surface area (Å²) in [4.78, 5) is 14.4. The maximum Gasteiger partial charge on any atom is 0.271 e. The van der Waals surface area contributed by atoms with E-state index >= 15 is 0 Å². The quantitative estimate of drug-likeness (QED) is 0.546. The van der Waals surface area contributed by atoms with Gasteiger partial charge in [-0.25, -0.2) is 8.42 Å². The van der Waals surface area contributed by atoms with E-state index < -0.39 is 10.0 Å². The molecule has 0 fully saturated rings. The first kappa shape index (κ1) is 21.0. The van der Waals surface area contributed by atoms with Gasteiger partial charge in [-0.05, 0) is 47.7 Å². The molecule has 2 aromatic carbocycles. The zero-order chi connectivity index (χ0) is 20.7. The van der Waals surface area contributed by atoms with Gasteiger partial charge in [0, 0.05) is 24.3 Å². The number of aliphatic hydroxyl groups is 1. The van der Waals surface area contributed by atoms with Crippen LogP contribution in [0.5, 0.6) is 0 Å². The van der Waals surface area contributed by atoms with Crippen molar-refractivity contribution in [1.29, 1.82) is 0 Å². The Bertz CT molecular complexity index is 1020. The van der Waals surface area contributed by atoms with Crippen LogP contribution < -0.4 is 4.72 Å².